The summed E-state index contributed by atoms with van der Waals surface area (Å²) in [7, 11) is 0. The van der Waals surface area contributed by atoms with E-state index >= 15 is 0 Å². The number of hydrogen-bond donors (Lipinski definition) is 0. The minimum atomic E-state index is -4.76. The molecular formula is C2F3ORh-. The van der Waals surface area contributed by atoms with Crippen LogP contribution >= 0.6 is 0 Å². The van der Waals surface area contributed by atoms with Gasteiger partial charge in [0.15, 0.2) is 0 Å². The predicted octanol–water partition coefficient (Wildman–Crippen LogP) is 0.656. The third-order valence-corrected chi connectivity index (χ3v) is 0.116. The van der Waals surface area contributed by atoms with Crippen molar-refractivity contribution in [1.82, 2.24) is 0 Å². The molecule has 0 aromatic carbocycles. The number of rotatable bonds is 0. The van der Waals surface area contributed by atoms with E-state index in [9.17, 15) is 13.2 Å². The van der Waals surface area contributed by atoms with Gasteiger partial charge in [-0.25, -0.2) is 13.2 Å². The maximum absolute atomic E-state index is 10.4. The zero-order chi connectivity index (χ0) is 5.21. The quantitative estimate of drug-likeness (QED) is 0.414. The summed E-state index contributed by atoms with van der Waals surface area (Å²) in [5.74, 6) is 0. The van der Waals surface area contributed by atoms with Crippen molar-refractivity contribution in [1.29, 1.82) is 0 Å². The first-order valence-electron chi connectivity index (χ1n) is 1.02. The van der Waals surface area contributed by atoms with E-state index in [4.69, 9.17) is 4.79 Å². The third kappa shape index (κ3) is 10.7. The molecule has 0 saturated heterocycles. The van der Waals surface area contributed by atoms with Crippen LogP contribution in [-0.4, -0.2) is 12.5 Å². The van der Waals surface area contributed by atoms with Crippen LogP contribution in [0.3, 0.4) is 0 Å². The molecular weight excluding hydrogens is 200 g/mol. The van der Waals surface area contributed by atoms with Crippen LogP contribution < -0.4 is 0 Å². The second-order valence-electron chi connectivity index (χ2n) is 0.600. The molecule has 0 aliphatic carbocycles. The molecule has 0 atom stereocenters. The Hall–Kier alpha value is 0.0834. The fourth-order valence-electron chi connectivity index (χ4n) is 0. The van der Waals surface area contributed by atoms with E-state index in [1.54, 1.807) is 0 Å². The largest absolute Gasteiger partial charge is 0.533 e. The Kier molecular flexibility index (Phi) is 4.54. The topological polar surface area (TPSA) is 17.1 Å². The summed E-state index contributed by atoms with van der Waals surface area (Å²) >= 11 is 0. The maximum atomic E-state index is 10.4. The van der Waals surface area contributed by atoms with Gasteiger partial charge in [0, 0.05) is 19.5 Å². The molecule has 0 aliphatic heterocycles. The second kappa shape index (κ2) is 3.13. The molecule has 0 rings (SSSR count). The molecule has 1 radical (unpaired) electrons. The molecule has 0 spiro atoms. The molecule has 0 bridgehead atoms. The minimum Gasteiger partial charge on any atom is -0.533 e. The molecule has 0 unspecified atom stereocenters. The summed E-state index contributed by atoms with van der Waals surface area (Å²) in [6.07, 6.45) is -4.91. The molecule has 0 N–H and O–H groups in total. The first-order chi connectivity index (χ1) is 2.56. The van der Waals surface area contributed by atoms with Gasteiger partial charge in [0.1, 0.15) is 0 Å². The summed E-state index contributed by atoms with van der Waals surface area (Å²) in [5, 5.41) is 0. The van der Waals surface area contributed by atoms with Gasteiger partial charge >= 0.3 is 0 Å². The normalized spacial score (nSPS) is 9.57. The van der Waals surface area contributed by atoms with Crippen LogP contribution in [0.15, 0.2) is 0 Å². The number of alkyl halides is 3. The van der Waals surface area contributed by atoms with Crippen molar-refractivity contribution >= 4 is 6.29 Å². The van der Waals surface area contributed by atoms with E-state index in [1.807, 2.05) is 0 Å². The van der Waals surface area contributed by atoms with Gasteiger partial charge in [-0.1, -0.05) is 0 Å². The van der Waals surface area contributed by atoms with Crippen LogP contribution in [0.4, 0.5) is 13.2 Å². The van der Waals surface area contributed by atoms with Gasteiger partial charge in [0.25, 0.3) is 6.18 Å². The Balaban J connectivity index is 0. The molecule has 0 heterocycles. The van der Waals surface area contributed by atoms with Crippen molar-refractivity contribution in [3.8, 4) is 0 Å². The Bertz CT molecular complexity index is 58.4. The molecule has 0 amide bonds. The van der Waals surface area contributed by atoms with Crippen molar-refractivity contribution in [3.05, 3.63) is 0 Å². The van der Waals surface area contributed by atoms with E-state index in [0.29, 0.717) is 0 Å². The van der Waals surface area contributed by atoms with Crippen LogP contribution in [0, 0.1) is 0 Å². The summed E-state index contributed by atoms with van der Waals surface area (Å²) < 4.78 is 31.1. The van der Waals surface area contributed by atoms with Gasteiger partial charge in [0.2, 0.25) is 0 Å². The molecule has 0 aromatic heterocycles. The summed E-state index contributed by atoms with van der Waals surface area (Å²) in [6, 6.07) is 0. The fraction of sp³-hybridized carbons (Fsp3) is 0.500. The second-order valence-corrected chi connectivity index (χ2v) is 0.600. The molecule has 0 fully saturated rings. The Morgan fingerprint density at radius 2 is 1.43 bits per heavy atom. The number of hydrogen-bond acceptors (Lipinski definition) is 1. The molecule has 5 heteroatoms. The standard InChI is InChI=1S/C2F3O.Rh/c3-2(4,5)1-6;/q-1;. The zero-order valence-corrected chi connectivity index (χ0v) is 4.51. The first-order valence-corrected chi connectivity index (χ1v) is 1.02. The first kappa shape index (κ1) is 10.1. The van der Waals surface area contributed by atoms with Crippen LogP contribution in [0.2, 0.25) is 0 Å². The van der Waals surface area contributed by atoms with E-state index in [2.05, 4.69) is 0 Å². The van der Waals surface area contributed by atoms with Crippen LogP contribution in [0.5, 0.6) is 0 Å². The van der Waals surface area contributed by atoms with E-state index in [-0.39, 0.29) is 25.8 Å². The Morgan fingerprint density at radius 3 is 1.43 bits per heavy atom. The summed E-state index contributed by atoms with van der Waals surface area (Å²) in [6.45, 7) is 0. The van der Waals surface area contributed by atoms with Crippen molar-refractivity contribution in [2.24, 2.45) is 0 Å². The molecule has 1 nitrogen and oxygen atoms in total. The smallest absolute Gasteiger partial charge is 0.298 e. The van der Waals surface area contributed by atoms with Gasteiger partial charge < -0.3 is 4.79 Å². The van der Waals surface area contributed by atoms with Crippen molar-refractivity contribution < 1.29 is 37.4 Å². The van der Waals surface area contributed by atoms with E-state index < -0.39 is 6.18 Å². The Morgan fingerprint density at radius 1 is 1.29 bits per heavy atom. The number of halogens is 3. The average Bonchev–Trinajstić information content (AvgIpc) is 1.35. The van der Waals surface area contributed by atoms with Crippen LogP contribution in [-0.2, 0) is 24.3 Å². The molecule has 7 heavy (non-hydrogen) atoms. The minimum absolute atomic E-state index is 0. The maximum Gasteiger partial charge on any atom is 0.298 e. The third-order valence-electron chi connectivity index (χ3n) is 0.116. The van der Waals surface area contributed by atoms with Gasteiger partial charge in [-0.3, -0.25) is 0 Å². The summed E-state index contributed by atoms with van der Waals surface area (Å²) in [5.41, 5.74) is 0. The monoisotopic (exact) mass is 200 g/mol. The van der Waals surface area contributed by atoms with Gasteiger partial charge in [0.05, 0.1) is 0 Å². The van der Waals surface area contributed by atoms with Gasteiger partial charge in [-0.2, -0.15) is 6.29 Å². The molecule has 45 valence electrons. The SMILES string of the molecule is O=[C-]C(F)(F)F.[Rh]. The molecule has 0 aromatic rings. The predicted molar refractivity (Wildman–Crippen MR) is 11.7 cm³/mol. The fourth-order valence-corrected chi connectivity index (χ4v) is 0. The zero-order valence-electron chi connectivity index (χ0n) is 2.88. The van der Waals surface area contributed by atoms with E-state index in [1.165, 1.54) is 0 Å². The van der Waals surface area contributed by atoms with Crippen molar-refractivity contribution in [2.45, 2.75) is 6.18 Å². The molecule has 0 aliphatic rings. The number of carbonyl (C=O) groups excluding carboxylic acids is 1. The van der Waals surface area contributed by atoms with Gasteiger partial charge in [-0.15, -0.1) is 0 Å². The van der Waals surface area contributed by atoms with Crippen LogP contribution in [0.25, 0.3) is 0 Å². The summed E-state index contributed by atoms with van der Waals surface area (Å²) in [4.78, 5) is 8.58. The van der Waals surface area contributed by atoms with E-state index in [0.717, 1.165) is 0 Å². The van der Waals surface area contributed by atoms with Gasteiger partial charge in [-0.05, 0) is 0 Å². The average molecular weight is 200 g/mol. The Labute approximate surface area is 50.6 Å². The molecule has 0 saturated carbocycles. The van der Waals surface area contributed by atoms with Crippen LogP contribution in [0.1, 0.15) is 0 Å². The van der Waals surface area contributed by atoms with Crippen molar-refractivity contribution in [3.63, 3.8) is 0 Å². The van der Waals surface area contributed by atoms with Crippen molar-refractivity contribution in [2.75, 3.05) is 0 Å².